The summed E-state index contributed by atoms with van der Waals surface area (Å²) in [7, 11) is 0. The Morgan fingerprint density at radius 2 is 1.81 bits per heavy atom. The molecule has 1 aliphatic heterocycles. The number of hydrogen-bond acceptors (Lipinski definition) is 2. The van der Waals surface area contributed by atoms with Crippen molar-refractivity contribution in [3.63, 3.8) is 0 Å². The molecule has 2 unspecified atom stereocenters. The van der Waals surface area contributed by atoms with Crippen LogP contribution in [0.1, 0.15) is 59.8 Å². The normalized spacial score (nSPS) is 26.7. The SMILES string of the molecule is CC(CN1CC(=O)NC(C2CCCCC2)C1=O)C(C)(C)C. The molecule has 2 fully saturated rings. The number of carbonyl (C=O) groups excluding carboxylic acids is 2. The second-order valence-electron chi connectivity index (χ2n) is 7.93. The van der Waals surface area contributed by atoms with E-state index in [1.165, 1.54) is 19.3 Å². The van der Waals surface area contributed by atoms with Gasteiger partial charge >= 0.3 is 0 Å². The lowest BCUT2D eigenvalue weighted by Crippen LogP contribution is -2.61. The molecule has 2 aliphatic rings. The fourth-order valence-corrected chi connectivity index (χ4v) is 3.27. The second kappa shape index (κ2) is 6.37. The van der Waals surface area contributed by atoms with Gasteiger partial charge in [0.05, 0.1) is 6.54 Å². The van der Waals surface area contributed by atoms with Gasteiger partial charge in [-0.2, -0.15) is 0 Å². The van der Waals surface area contributed by atoms with Gasteiger partial charge in [-0.25, -0.2) is 0 Å². The van der Waals surface area contributed by atoms with Crippen molar-refractivity contribution >= 4 is 11.8 Å². The Morgan fingerprint density at radius 1 is 1.19 bits per heavy atom. The van der Waals surface area contributed by atoms with Gasteiger partial charge in [-0.15, -0.1) is 0 Å². The first-order chi connectivity index (χ1) is 9.79. The molecule has 0 bridgehead atoms. The van der Waals surface area contributed by atoms with Gasteiger partial charge in [-0.3, -0.25) is 9.59 Å². The van der Waals surface area contributed by atoms with Crippen LogP contribution < -0.4 is 5.32 Å². The summed E-state index contributed by atoms with van der Waals surface area (Å²) in [6, 6.07) is -0.279. The number of piperazine rings is 1. The van der Waals surface area contributed by atoms with Crippen LogP contribution in [0.25, 0.3) is 0 Å². The third kappa shape index (κ3) is 3.98. The van der Waals surface area contributed by atoms with Gasteiger partial charge in [0.2, 0.25) is 11.8 Å². The molecule has 120 valence electrons. The first-order valence-electron chi connectivity index (χ1n) is 8.37. The molecule has 1 heterocycles. The van der Waals surface area contributed by atoms with Crippen LogP contribution in [0.2, 0.25) is 0 Å². The van der Waals surface area contributed by atoms with E-state index in [1.54, 1.807) is 4.90 Å². The summed E-state index contributed by atoms with van der Waals surface area (Å²) in [5.41, 5.74) is 0.147. The Labute approximate surface area is 128 Å². The molecule has 1 saturated heterocycles. The summed E-state index contributed by atoms with van der Waals surface area (Å²) in [4.78, 5) is 26.5. The quantitative estimate of drug-likeness (QED) is 0.869. The zero-order valence-corrected chi connectivity index (χ0v) is 13.9. The van der Waals surface area contributed by atoms with Crippen LogP contribution >= 0.6 is 0 Å². The van der Waals surface area contributed by atoms with Gasteiger partial charge in [0.1, 0.15) is 6.04 Å². The molecule has 2 amide bonds. The third-order valence-electron chi connectivity index (χ3n) is 5.32. The number of rotatable bonds is 3. The van der Waals surface area contributed by atoms with E-state index in [-0.39, 0.29) is 29.8 Å². The van der Waals surface area contributed by atoms with Gasteiger partial charge < -0.3 is 10.2 Å². The van der Waals surface area contributed by atoms with Gasteiger partial charge in [0, 0.05) is 6.54 Å². The average Bonchev–Trinajstić information content (AvgIpc) is 2.42. The van der Waals surface area contributed by atoms with Crippen molar-refractivity contribution in [1.29, 1.82) is 0 Å². The van der Waals surface area contributed by atoms with Crippen molar-refractivity contribution in [2.75, 3.05) is 13.1 Å². The minimum Gasteiger partial charge on any atom is -0.342 e. The van der Waals surface area contributed by atoms with Crippen LogP contribution in [0.15, 0.2) is 0 Å². The van der Waals surface area contributed by atoms with Crippen LogP contribution in [0, 0.1) is 17.3 Å². The molecular weight excluding hydrogens is 264 g/mol. The molecule has 0 spiro atoms. The topological polar surface area (TPSA) is 49.4 Å². The predicted octanol–water partition coefficient (Wildman–Crippen LogP) is 2.58. The van der Waals surface area contributed by atoms with Crippen molar-refractivity contribution in [2.45, 2.75) is 65.8 Å². The van der Waals surface area contributed by atoms with Gasteiger partial charge in [0.15, 0.2) is 0 Å². The molecular formula is C17H30N2O2. The largest absolute Gasteiger partial charge is 0.342 e. The molecule has 0 aromatic carbocycles. The highest BCUT2D eigenvalue weighted by Crippen LogP contribution is 2.30. The Bertz CT molecular complexity index is 394. The van der Waals surface area contributed by atoms with Gasteiger partial charge in [-0.05, 0) is 30.1 Å². The minimum atomic E-state index is -0.279. The van der Waals surface area contributed by atoms with E-state index in [1.807, 2.05) is 0 Å². The Hall–Kier alpha value is -1.06. The standard InChI is InChI=1S/C17H30N2O2/c1-12(17(2,3)4)10-19-11-14(20)18-15(16(19)21)13-8-6-5-7-9-13/h12-13,15H,5-11H2,1-4H3,(H,18,20). The second-order valence-corrected chi connectivity index (χ2v) is 7.93. The monoisotopic (exact) mass is 294 g/mol. The fraction of sp³-hybridized carbons (Fsp3) is 0.882. The summed E-state index contributed by atoms with van der Waals surface area (Å²) >= 11 is 0. The van der Waals surface area contributed by atoms with E-state index in [9.17, 15) is 9.59 Å². The highest BCUT2D eigenvalue weighted by Gasteiger charge is 2.39. The fourth-order valence-electron chi connectivity index (χ4n) is 3.27. The zero-order chi connectivity index (χ0) is 15.6. The molecule has 1 aliphatic carbocycles. The molecule has 4 heteroatoms. The number of carbonyl (C=O) groups is 2. The predicted molar refractivity (Wildman–Crippen MR) is 83.7 cm³/mol. The van der Waals surface area contributed by atoms with Crippen molar-refractivity contribution < 1.29 is 9.59 Å². The summed E-state index contributed by atoms with van der Waals surface area (Å²) in [5, 5.41) is 2.95. The highest BCUT2D eigenvalue weighted by atomic mass is 16.2. The van der Waals surface area contributed by atoms with E-state index in [2.05, 4.69) is 33.0 Å². The summed E-state index contributed by atoms with van der Waals surface area (Å²) in [6.45, 7) is 9.62. The van der Waals surface area contributed by atoms with Crippen LogP contribution in [0.5, 0.6) is 0 Å². The van der Waals surface area contributed by atoms with E-state index in [4.69, 9.17) is 0 Å². The maximum absolute atomic E-state index is 12.7. The van der Waals surface area contributed by atoms with Gasteiger partial charge in [-0.1, -0.05) is 47.0 Å². The van der Waals surface area contributed by atoms with Crippen molar-refractivity contribution in [2.24, 2.45) is 17.3 Å². The van der Waals surface area contributed by atoms with E-state index in [0.29, 0.717) is 18.4 Å². The molecule has 21 heavy (non-hydrogen) atoms. The van der Waals surface area contributed by atoms with E-state index >= 15 is 0 Å². The third-order valence-corrected chi connectivity index (χ3v) is 5.32. The summed E-state index contributed by atoms with van der Waals surface area (Å²) in [5.74, 6) is 0.853. The van der Waals surface area contributed by atoms with Gasteiger partial charge in [0.25, 0.3) is 0 Å². The average molecular weight is 294 g/mol. The minimum absolute atomic E-state index is 0.00582. The summed E-state index contributed by atoms with van der Waals surface area (Å²) in [6.07, 6.45) is 5.76. The first-order valence-corrected chi connectivity index (χ1v) is 8.37. The number of amides is 2. The lowest BCUT2D eigenvalue weighted by molar-refractivity contribution is -0.147. The Balaban J connectivity index is 2.04. The maximum atomic E-state index is 12.7. The number of nitrogens with zero attached hydrogens (tertiary/aromatic N) is 1. The molecule has 4 nitrogen and oxygen atoms in total. The smallest absolute Gasteiger partial charge is 0.245 e. The number of nitrogens with one attached hydrogen (secondary N) is 1. The maximum Gasteiger partial charge on any atom is 0.245 e. The molecule has 0 aromatic heterocycles. The van der Waals surface area contributed by atoms with Crippen molar-refractivity contribution in [1.82, 2.24) is 10.2 Å². The molecule has 0 radical (unpaired) electrons. The molecule has 2 rings (SSSR count). The molecule has 2 atom stereocenters. The van der Waals surface area contributed by atoms with Crippen LogP contribution in [0.3, 0.4) is 0 Å². The summed E-state index contributed by atoms with van der Waals surface area (Å²) < 4.78 is 0. The van der Waals surface area contributed by atoms with Crippen molar-refractivity contribution in [3.8, 4) is 0 Å². The van der Waals surface area contributed by atoms with Crippen molar-refractivity contribution in [3.05, 3.63) is 0 Å². The molecule has 1 N–H and O–H groups in total. The van der Waals surface area contributed by atoms with Crippen LogP contribution in [0.4, 0.5) is 0 Å². The molecule has 1 saturated carbocycles. The number of hydrogen-bond donors (Lipinski definition) is 1. The highest BCUT2D eigenvalue weighted by molar-refractivity contribution is 5.95. The Kier molecular flexibility index (Phi) is 4.95. The molecule has 0 aromatic rings. The van der Waals surface area contributed by atoms with Crippen LogP contribution in [-0.2, 0) is 9.59 Å². The lowest BCUT2D eigenvalue weighted by atomic mass is 9.80. The lowest BCUT2D eigenvalue weighted by Gasteiger charge is -2.40. The first kappa shape index (κ1) is 16.3. The zero-order valence-electron chi connectivity index (χ0n) is 13.9. The van der Waals surface area contributed by atoms with Crippen LogP contribution in [-0.4, -0.2) is 35.8 Å². The van der Waals surface area contributed by atoms with E-state index < -0.39 is 0 Å². The Morgan fingerprint density at radius 3 is 2.38 bits per heavy atom. The van der Waals surface area contributed by atoms with E-state index in [0.717, 1.165) is 12.8 Å².